The lowest BCUT2D eigenvalue weighted by molar-refractivity contribution is -0.143. The molecule has 0 spiro atoms. The molecule has 1 fully saturated rings. The lowest BCUT2D eigenvalue weighted by Crippen LogP contribution is -2.39. The van der Waals surface area contributed by atoms with E-state index in [9.17, 15) is 4.79 Å². The fourth-order valence-electron chi connectivity index (χ4n) is 2.21. The van der Waals surface area contributed by atoms with Gasteiger partial charge in [-0.2, -0.15) is 0 Å². The molecule has 1 saturated carbocycles. The van der Waals surface area contributed by atoms with Gasteiger partial charge in [-0.15, -0.1) is 0 Å². The van der Waals surface area contributed by atoms with Crippen LogP contribution in [0.15, 0.2) is 12.4 Å². The monoisotopic (exact) mass is 265 g/mol. The Morgan fingerprint density at radius 1 is 1.63 bits per heavy atom. The molecule has 5 nitrogen and oxygen atoms in total. The van der Waals surface area contributed by atoms with Crippen LogP contribution in [0.3, 0.4) is 0 Å². The maximum Gasteiger partial charge on any atom is 0.322 e. The molecule has 1 unspecified atom stereocenters. The average Bonchev–Trinajstić information content (AvgIpc) is 3.13. The van der Waals surface area contributed by atoms with Crippen LogP contribution in [0.1, 0.15) is 38.4 Å². The molecule has 1 aromatic rings. The SMILES string of the molecule is CCCc1nccn1CCC(NC1CC1)C(=O)OC. The van der Waals surface area contributed by atoms with Gasteiger partial charge in [-0.05, 0) is 25.7 Å². The minimum absolute atomic E-state index is 0.163. The zero-order chi connectivity index (χ0) is 13.7. The van der Waals surface area contributed by atoms with Crippen LogP contribution in [-0.4, -0.2) is 34.7 Å². The van der Waals surface area contributed by atoms with Crippen LogP contribution < -0.4 is 5.32 Å². The Morgan fingerprint density at radius 3 is 3.05 bits per heavy atom. The van der Waals surface area contributed by atoms with E-state index in [1.165, 1.54) is 20.0 Å². The third-order valence-electron chi connectivity index (χ3n) is 3.43. The Hall–Kier alpha value is -1.36. The average molecular weight is 265 g/mol. The van der Waals surface area contributed by atoms with Crippen molar-refractivity contribution in [3.63, 3.8) is 0 Å². The van der Waals surface area contributed by atoms with Crippen LogP contribution in [0.5, 0.6) is 0 Å². The first-order valence-corrected chi connectivity index (χ1v) is 7.08. The highest BCUT2D eigenvalue weighted by atomic mass is 16.5. The summed E-state index contributed by atoms with van der Waals surface area (Å²) in [6, 6.07) is 0.302. The highest BCUT2D eigenvalue weighted by molar-refractivity contribution is 5.75. The number of carbonyl (C=O) groups excluding carboxylic acids is 1. The van der Waals surface area contributed by atoms with E-state index in [1.54, 1.807) is 0 Å². The number of ether oxygens (including phenoxy) is 1. The van der Waals surface area contributed by atoms with E-state index in [0.717, 1.165) is 31.6 Å². The number of aromatic nitrogens is 2. The van der Waals surface area contributed by atoms with Gasteiger partial charge in [0.2, 0.25) is 0 Å². The first-order chi connectivity index (χ1) is 9.24. The van der Waals surface area contributed by atoms with Crippen molar-refractivity contribution in [2.24, 2.45) is 0 Å². The summed E-state index contributed by atoms with van der Waals surface area (Å²) in [6.07, 6.45) is 8.95. The van der Waals surface area contributed by atoms with Crippen molar-refractivity contribution in [2.75, 3.05) is 7.11 Å². The Morgan fingerprint density at radius 2 is 2.42 bits per heavy atom. The van der Waals surface area contributed by atoms with E-state index in [1.807, 2.05) is 12.4 Å². The summed E-state index contributed by atoms with van der Waals surface area (Å²) in [5.74, 6) is 0.932. The molecule has 5 heteroatoms. The largest absolute Gasteiger partial charge is 0.468 e. The van der Waals surface area contributed by atoms with Crippen molar-refractivity contribution < 1.29 is 9.53 Å². The van der Waals surface area contributed by atoms with Gasteiger partial charge in [-0.25, -0.2) is 4.98 Å². The van der Waals surface area contributed by atoms with Gasteiger partial charge in [0.25, 0.3) is 0 Å². The van der Waals surface area contributed by atoms with Crippen molar-refractivity contribution >= 4 is 5.97 Å². The van der Waals surface area contributed by atoms with E-state index < -0.39 is 0 Å². The second-order valence-electron chi connectivity index (χ2n) is 5.09. The van der Waals surface area contributed by atoms with Gasteiger partial charge in [-0.1, -0.05) is 6.92 Å². The predicted octanol–water partition coefficient (Wildman–Crippen LogP) is 1.52. The Kier molecular flexibility index (Phi) is 4.96. The van der Waals surface area contributed by atoms with Gasteiger partial charge in [0.05, 0.1) is 7.11 Å². The maximum absolute atomic E-state index is 11.7. The topological polar surface area (TPSA) is 56.2 Å². The molecule has 1 atom stereocenters. The summed E-state index contributed by atoms with van der Waals surface area (Å²) in [7, 11) is 1.45. The fourth-order valence-corrected chi connectivity index (χ4v) is 2.21. The molecule has 0 radical (unpaired) electrons. The molecule has 0 bridgehead atoms. The fraction of sp³-hybridized carbons (Fsp3) is 0.714. The lowest BCUT2D eigenvalue weighted by Gasteiger charge is -2.17. The van der Waals surface area contributed by atoms with E-state index in [4.69, 9.17) is 4.74 Å². The highest BCUT2D eigenvalue weighted by Crippen LogP contribution is 2.20. The third-order valence-corrected chi connectivity index (χ3v) is 3.43. The molecular weight excluding hydrogens is 242 g/mol. The number of rotatable bonds is 8. The number of methoxy groups -OCH3 is 1. The number of nitrogens with one attached hydrogen (secondary N) is 1. The summed E-state index contributed by atoms with van der Waals surface area (Å²) >= 11 is 0. The zero-order valence-corrected chi connectivity index (χ0v) is 11.8. The Balaban J connectivity index is 1.89. The molecule has 1 heterocycles. The van der Waals surface area contributed by atoms with E-state index in [2.05, 4.69) is 21.8 Å². The summed E-state index contributed by atoms with van der Waals surface area (Å²) in [5, 5.41) is 3.35. The van der Waals surface area contributed by atoms with Crippen molar-refractivity contribution in [3.8, 4) is 0 Å². The zero-order valence-electron chi connectivity index (χ0n) is 11.8. The van der Waals surface area contributed by atoms with Crippen LogP contribution in [-0.2, 0) is 22.5 Å². The number of nitrogens with zero attached hydrogens (tertiary/aromatic N) is 2. The van der Waals surface area contributed by atoms with E-state index in [0.29, 0.717) is 6.04 Å². The normalized spacial score (nSPS) is 16.3. The molecule has 0 saturated heterocycles. The highest BCUT2D eigenvalue weighted by Gasteiger charge is 2.28. The maximum atomic E-state index is 11.7. The van der Waals surface area contributed by atoms with Crippen molar-refractivity contribution in [2.45, 2.75) is 57.7 Å². The van der Waals surface area contributed by atoms with Crippen molar-refractivity contribution in [1.29, 1.82) is 0 Å². The van der Waals surface area contributed by atoms with Gasteiger partial charge in [-0.3, -0.25) is 4.79 Å². The van der Waals surface area contributed by atoms with Crippen LogP contribution in [0.2, 0.25) is 0 Å². The van der Waals surface area contributed by atoms with Gasteiger partial charge < -0.3 is 14.6 Å². The smallest absolute Gasteiger partial charge is 0.322 e. The third kappa shape index (κ3) is 4.06. The van der Waals surface area contributed by atoms with E-state index in [-0.39, 0.29) is 12.0 Å². The van der Waals surface area contributed by atoms with E-state index >= 15 is 0 Å². The number of hydrogen-bond acceptors (Lipinski definition) is 4. The quantitative estimate of drug-likeness (QED) is 0.724. The van der Waals surface area contributed by atoms with Crippen LogP contribution in [0.25, 0.3) is 0 Å². The minimum Gasteiger partial charge on any atom is -0.468 e. The molecule has 106 valence electrons. The molecule has 0 amide bonds. The second-order valence-corrected chi connectivity index (χ2v) is 5.09. The number of imidazole rings is 1. The van der Waals surface area contributed by atoms with Gasteiger partial charge in [0.1, 0.15) is 11.9 Å². The number of carbonyl (C=O) groups is 1. The Labute approximate surface area is 114 Å². The first-order valence-electron chi connectivity index (χ1n) is 7.08. The van der Waals surface area contributed by atoms with Crippen LogP contribution >= 0.6 is 0 Å². The lowest BCUT2D eigenvalue weighted by atomic mass is 10.2. The van der Waals surface area contributed by atoms with Crippen LogP contribution in [0.4, 0.5) is 0 Å². The molecule has 0 aromatic carbocycles. The van der Waals surface area contributed by atoms with Crippen LogP contribution in [0, 0.1) is 0 Å². The number of esters is 1. The van der Waals surface area contributed by atoms with Crippen molar-refractivity contribution in [3.05, 3.63) is 18.2 Å². The molecule has 2 rings (SSSR count). The first kappa shape index (κ1) is 14.1. The number of aryl methyl sites for hydroxylation is 2. The Bertz CT molecular complexity index is 413. The predicted molar refractivity (Wildman–Crippen MR) is 72.8 cm³/mol. The van der Waals surface area contributed by atoms with Gasteiger partial charge in [0, 0.05) is 31.4 Å². The number of hydrogen-bond donors (Lipinski definition) is 1. The minimum atomic E-state index is -0.200. The molecule has 1 aliphatic rings. The van der Waals surface area contributed by atoms with Crippen molar-refractivity contribution in [1.82, 2.24) is 14.9 Å². The molecule has 1 N–H and O–H groups in total. The molecule has 1 aliphatic carbocycles. The van der Waals surface area contributed by atoms with Gasteiger partial charge in [0.15, 0.2) is 0 Å². The summed E-state index contributed by atoms with van der Waals surface area (Å²) in [4.78, 5) is 16.1. The summed E-state index contributed by atoms with van der Waals surface area (Å²) in [6.45, 7) is 2.94. The molecule has 0 aliphatic heterocycles. The summed E-state index contributed by atoms with van der Waals surface area (Å²) in [5.41, 5.74) is 0. The molecule has 1 aromatic heterocycles. The second kappa shape index (κ2) is 6.70. The van der Waals surface area contributed by atoms with Gasteiger partial charge >= 0.3 is 5.97 Å². The standard InChI is InChI=1S/C14H23N3O2/c1-3-4-13-15-8-10-17(13)9-7-12(14(18)19-2)16-11-5-6-11/h8,10-12,16H,3-7,9H2,1-2H3. The molecule has 19 heavy (non-hydrogen) atoms. The molecular formula is C14H23N3O2. The summed E-state index contributed by atoms with van der Waals surface area (Å²) < 4.78 is 7.00.